The predicted octanol–water partition coefficient (Wildman–Crippen LogP) is 0.461. The van der Waals surface area contributed by atoms with E-state index in [0.717, 1.165) is 6.26 Å². The molecule has 4 nitrogen and oxygen atoms in total. The Kier molecular flexibility index (Phi) is 2.06. The fourth-order valence-electron chi connectivity index (χ4n) is 0.702. The Morgan fingerprint density at radius 2 is 2.36 bits per heavy atom. The maximum Gasteiger partial charge on any atom is 0.227 e. The second-order valence-corrected chi connectivity index (χ2v) is 1.80. The van der Waals surface area contributed by atoms with E-state index in [1.165, 1.54) is 13.2 Å². The molecule has 0 aromatic carbocycles. The monoisotopic (exact) mass is 154 g/mol. The molecule has 0 fully saturated rings. The first kappa shape index (κ1) is 7.53. The van der Waals surface area contributed by atoms with Crippen LogP contribution in [0.4, 0.5) is 0 Å². The third kappa shape index (κ3) is 1.29. The Morgan fingerprint density at radius 1 is 1.64 bits per heavy atom. The zero-order valence-corrected chi connectivity index (χ0v) is 5.87. The molecule has 0 saturated carbocycles. The van der Waals surface area contributed by atoms with Crippen LogP contribution in [0.2, 0.25) is 0 Å². The first-order valence-corrected chi connectivity index (χ1v) is 2.90. The van der Waals surface area contributed by atoms with E-state index in [1.807, 2.05) is 0 Å². The summed E-state index contributed by atoms with van der Waals surface area (Å²) in [6.07, 6.45) is 1.58. The standard InChI is InChI=1S/C7H6O4/c1-10-7-5(9)2-3-11-6(7)4-8/h2-4H,1H3. The van der Waals surface area contributed by atoms with Gasteiger partial charge in [0.25, 0.3) is 0 Å². The lowest BCUT2D eigenvalue weighted by Gasteiger charge is -1.97. The minimum Gasteiger partial charge on any atom is -0.490 e. The number of methoxy groups -OCH3 is 1. The van der Waals surface area contributed by atoms with Gasteiger partial charge in [-0.2, -0.15) is 0 Å². The Labute approximate surface area is 62.4 Å². The highest BCUT2D eigenvalue weighted by Crippen LogP contribution is 2.07. The van der Waals surface area contributed by atoms with Crippen molar-refractivity contribution in [3.05, 3.63) is 28.3 Å². The van der Waals surface area contributed by atoms with E-state index in [2.05, 4.69) is 9.15 Å². The summed E-state index contributed by atoms with van der Waals surface area (Å²) in [5, 5.41) is 0. The summed E-state index contributed by atoms with van der Waals surface area (Å²) in [5.41, 5.74) is -0.360. The number of carbonyl (C=O) groups excluding carboxylic acids is 1. The summed E-state index contributed by atoms with van der Waals surface area (Å²) < 4.78 is 9.32. The molecular formula is C7H6O4. The number of hydrogen-bond donors (Lipinski definition) is 0. The van der Waals surface area contributed by atoms with E-state index in [-0.39, 0.29) is 16.9 Å². The maximum absolute atomic E-state index is 10.9. The first-order chi connectivity index (χ1) is 5.29. The summed E-state index contributed by atoms with van der Waals surface area (Å²) in [6.45, 7) is 0. The van der Waals surface area contributed by atoms with Crippen molar-refractivity contribution >= 4 is 6.29 Å². The van der Waals surface area contributed by atoms with Gasteiger partial charge in [-0.15, -0.1) is 0 Å². The van der Waals surface area contributed by atoms with Crippen LogP contribution < -0.4 is 10.2 Å². The molecule has 11 heavy (non-hydrogen) atoms. The summed E-state index contributed by atoms with van der Waals surface area (Å²) in [5.74, 6) is -0.137. The summed E-state index contributed by atoms with van der Waals surface area (Å²) in [7, 11) is 1.30. The van der Waals surface area contributed by atoms with Gasteiger partial charge in [-0.1, -0.05) is 0 Å². The fraction of sp³-hybridized carbons (Fsp3) is 0.143. The average molecular weight is 154 g/mol. The van der Waals surface area contributed by atoms with Crippen molar-refractivity contribution in [2.45, 2.75) is 0 Å². The molecule has 4 heteroatoms. The second-order valence-electron chi connectivity index (χ2n) is 1.80. The van der Waals surface area contributed by atoms with Gasteiger partial charge < -0.3 is 9.15 Å². The van der Waals surface area contributed by atoms with Gasteiger partial charge in [-0.3, -0.25) is 9.59 Å². The second kappa shape index (κ2) is 3.01. The minimum absolute atomic E-state index is 0.0532. The van der Waals surface area contributed by atoms with Gasteiger partial charge in [0, 0.05) is 6.07 Å². The zero-order valence-electron chi connectivity index (χ0n) is 5.87. The molecule has 1 aromatic rings. The molecule has 0 spiro atoms. The summed E-state index contributed by atoms with van der Waals surface area (Å²) >= 11 is 0. The van der Waals surface area contributed by atoms with E-state index in [1.54, 1.807) is 0 Å². The van der Waals surface area contributed by atoms with Crippen molar-refractivity contribution < 1.29 is 13.9 Å². The summed E-state index contributed by atoms with van der Waals surface area (Å²) in [4.78, 5) is 21.1. The van der Waals surface area contributed by atoms with Crippen LogP contribution in [0.3, 0.4) is 0 Å². The topological polar surface area (TPSA) is 56.5 Å². The zero-order chi connectivity index (χ0) is 8.27. The highest BCUT2D eigenvalue weighted by atomic mass is 16.5. The Balaban J connectivity index is 3.36. The molecule has 0 saturated heterocycles. The molecular weight excluding hydrogens is 148 g/mol. The van der Waals surface area contributed by atoms with Crippen LogP contribution in [0.15, 0.2) is 21.5 Å². The largest absolute Gasteiger partial charge is 0.490 e. The quantitative estimate of drug-likeness (QED) is 0.580. The molecule has 0 aliphatic heterocycles. The van der Waals surface area contributed by atoms with Crippen molar-refractivity contribution in [3.63, 3.8) is 0 Å². The predicted molar refractivity (Wildman–Crippen MR) is 36.9 cm³/mol. The minimum atomic E-state index is -0.360. The summed E-state index contributed by atoms with van der Waals surface area (Å²) in [6, 6.07) is 1.19. The van der Waals surface area contributed by atoms with Crippen LogP contribution in [0.25, 0.3) is 0 Å². The molecule has 1 heterocycles. The number of ether oxygens (including phenoxy) is 1. The highest BCUT2D eigenvalue weighted by molar-refractivity contribution is 5.74. The molecule has 58 valence electrons. The first-order valence-electron chi connectivity index (χ1n) is 2.90. The molecule has 0 atom stereocenters. The van der Waals surface area contributed by atoms with Crippen molar-refractivity contribution in [3.8, 4) is 5.75 Å². The van der Waals surface area contributed by atoms with Crippen molar-refractivity contribution in [1.82, 2.24) is 0 Å². The van der Waals surface area contributed by atoms with Crippen LogP contribution in [0.1, 0.15) is 10.6 Å². The molecule has 0 amide bonds. The molecule has 0 radical (unpaired) electrons. The number of carbonyl (C=O) groups is 1. The fourth-order valence-corrected chi connectivity index (χ4v) is 0.702. The third-order valence-corrected chi connectivity index (χ3v) is 1.17. The lowest BCUT2D eigenvalue weighted by Crippen LogP contribution is -2.05. The van der Waals surface area contributed by atoms with E-state index in [0.29, 0.717) is 6.29 Å². The van der Waals surface area contributed by atoms with Crippen LogP contribution in [0.5, 0.6) is 5.75 Å². The molecule has 0 N–H and O–H groups in total. The van der Waals surface area contributed by atoms with Gasteiger partial charge in [0.05, 0.1) is 13.4 Å². The number of hydrogen-bond acceptors (Lipinski definition) is 4. The Hall–Kier alpha value is -1.58. The highest BCUT2D eigenvalue weighted by Gasteiger charge is 2.06. The van der Waals surface area contributed by atoms with Gasteiger partial charge >= 0.3 is 0 Å². The van der Waals surface area contributed by atoms with E-state index in [9.17, 15) is 9.59 Å². The van der Waals surface area contributed by atoms with Crippen LogP contribution >= 0.6 is 0 Å². The lowest BCUT2D eigenvalue weighted by atomic mass is 10.4. The van der Waals surface area contributed by atoms with Gasteiger partial charge in [0.1, 0.15) is 0 Å². The van der Waals surface area contributed by atoms with Crippen molar-refractivity contribution in [2.75, 3.05) is 7.11 Å². The van der Waals surface area contributed by atoms with Gasteiger partial charge in [-0.25, -0.2) is 0 Å². The van der Waals surface area contributed by atoms with Crippen molar-refractivity contribution in [1.29, 1.82) is 0 Å². The van der Waals surface area contributed by atoms with Crippen LogP contribution in [-0.2, 0) is 0 Å². The molecule has 1 aromatic heterocycles. The molecule has 0 bridgehead atoms. The normalized spacial score (nSPS) is 9.18. The number of aldehydes is 1. The van der Waals surface area contributed by atoms with E-state index >= 15 is 0 Å². The molecule has 0 aliphatic rings. The van der Waals surface area contributed by atoms with Crippen LogP contribution in [-0.4, -0.2) is 13.4 Å². The SMILES string of the molecule is COc1c(C=O)occc1=O. The average Bonchev–Trinajstić information content (AvgIpc) is 2.04. The molecule has 0 aliphatic carbocycles. The van der Waals surface area contributed by atoms with Crippen molar-refractivity contribution in [2.24, 2.45) is 0 Å². The number of rotatable bonds is 2. The lowest BCUT2D eigenvalue weighted by molar-refractivity contribution is 0.109. The molecule has 0 unspecified atom stereocenters. The van der Waals surface area contributed by atoms with E-state index < -0.39 is 0 Å². The molecule has 1 rings (SSSR count). The Morgan fingerprint density at radius 3 is 2.82 bits per heavy atom. The van der Waals surface area contributed by atoms with E-state index in [4.69, 9.17) is 0 Å². The van der Waals surface area contributed by atoms with Crippen LogP contribution in [0, 0.1) is 0 Å². The smallest absolute Gasteiger partial charge is 0.227 e. The van der Waals surface area contributed by atoms with Gasteiger partial charge in [-0.05, 0) is 0 Å². The van der Waals surface area contributed by atoms with Gasteiger partial charge in [0.2, 0.25) is 16.9 Å². The van der Waals surface area contributed by atoms with Gasteiger partial charge in [0.15, 0.2) is 6.29 Å². The third-order valence-electron chi connectivity index (χ3n) is 1.17. The maximum atomic E-state index is 10.9. The Bertz CT molecular complexity index is 312.